The summed E-state index contributed by atoms with van der Waals surface area (Å²) in [6.07, 6.45) is 3.06. The Balaban J connectivity index is 2.44. The van der Waals surface area contributed by atoms with Crippen molar-refractivity contribution in [3.8, 4) is 0 Å². The van der Waals surface area contributed by atoms with E-state index in [0.29, 0.717) is 0 Å². The summed E-state index contributed by atoms with van der Waals surface area (Å²) in [5.74, 6) is 0. The molecule has 0 aliphatic rings. The maximum atomic E-state index is 6.25. The Kier molecular flexibility index (Phi) is 2.98. The summed E-state index contributed by atoms with van der Waals surface area (Å²) >= 11 is 6.25. The van der Waals surface area contributed by atoms with Crippen LogP contribution in [0, 0.1) is 0 Å². The Morgan fingerprint density at radius 3 is 2.93 bits per heavy atom. The number of halogens is 1. The van der Waals surface area contributed by atoms with Crippen molar-refractivity contribution in [1.82, 2.24) is 9.88 Å². The molecule has 0 unspecified atom stereocenters. The van der Waals surface area contributed by atoms with Crippen molar-refractivity contribution in [2.45, 2.75) is 6.42 Å². The van der Waals surface area contributed by atoms with E-state index in [4.69, 9.17) is 11.6 Å². The molecule has 2 aromatic rings. The minimum Gasteiger partial charge on any atom is -0.349 e. The molecule has 3 heteroatoms. The van der Waals surface area contributed by atoms with Gasteiger partial charge in [0, 0.05) is 18.6 Å². The van der Waals surface area contributed by atoms with Crippen LogP contribution in [0.4, 0.5) is 0 Å². The first-order chi connectivity index (χ1) is 7.22. The van der Waals surface area contributed by atoms with E-state index in [1.54, 1.807) is 0 Å². The third-order valence-electron chi connectivity index (χ3n) is 2.65. The van der Waals surface area contributed by atoms with Crippen LogP contribution in [0.15, 0.2) is 24.4 Å². The summed E-state index contributed by atoms with van der Waals surface area (Å²) in [5, 5.41) is 5.20. The molecule has 0 atom stereocenters. The zero-order chi connectivity index (χ0) is 10.8. The molecule has 0 saturated heterocycles. The number of hydrogen-bond acceptors (Lipinski definition) is 1. The van der Waals surface area contributed by atoms with Gasteiger partial charge in [0.2, 0.25) is 0 Å². The molecular formula is C12H15ClN2. The van der Waals surface area contributed by atoms with E-state index in [0.717, 1.165) is 23.5 Å². The molecule has 1 aromatic carbocycles. The largest absolute Gasteiger partial charge is 0.349 e. The fourth-order valence-corrected chi connectivity index (χ4v) is 2.24. The Hall–Kier alpha value is -0.990. The van der Waals surface area contributed by atoms with Crippen LogP contribution in [-0.2, 0) is 13.5 Å². The van der Waals surface area contributed by atoms with E-state index >= 15 is 0 Å². The summed E-state index contributed by atoms with van der Waals surface area (Å²) in [4.78, 5) is 0. The fraction of sp³-hybridized carbons (Fsp3) is 0.333. The second-order valence-corrected chi connectivity index (χ2v) is 4.20. The average Bonchev–Trinajstić information content (AvgIpc) is 2.58. The molecule has 80 valence electrons. The minimum atomic E-state index is 0.839. The SMILES string of the molecule is CNCCc1cc(Cl)c2c(ccn2C)c1. The van der Waals surface area contributed by atoms with Gasteiger partial charge < -0.3 is 9.88 Å². The van der Waals surface area contributed by atoms with E-state index in [-0.39, 0.29) is 0 Å². The van der Waals surface area contributed by atoms with Crippen molar-refractivity contribution in [3.05, 3.63) is 35.0 Å². The van der Waals surface area contributed by atoms with Crippen LogP contribution in [0.1, 0.15) is 5.56 Å². The minimum absolute atomic E-state index is 0.839. The van der Waals surface area contributed by atoms with Crippen molar-refractivity contribution in [1.29, 1.82) is 0 Å². The summed E-state index contributed by atoms with van der Waals surface area (Å²) in [6.45, 7) is 0.981. The lowest BCUT2D eigenvalue weighted by Gasteiger charge is -2.04. The van der Waals surface area contributed by atoms with Gasteiger partial charge in [0.05, 0.1) is 10.5 Å². The molecule has 0 fully saturated rings. The van der Waals surface area contributed by atoms with Gasteiger partial charge in [0.25, 0.3) is 0 Å². The Morgan fingerprint density at radius 2 is 2.20 bits per heavy atom. The Labute approximate surface area is 94.8 Å². The Morgan fingerprint density at radius 1 is 1.40 bits per heavy atom. The standard InChI is InChI=1S/C12H15ClN2/c1-14-5-3-9-7-10-4-6-15(2)12(10)11(13)8-9/h4,6-8,14H,3,5H2,1-2H3. The molecule has 0 saturated carbocycles. The number of aromatic nitrogens is 1. The molecule has 0 aliphatic carbocycles. The molecule has 0 bridgehead atoms. The monoisotopic (exact) mass is 222 g/mol. The first kappa shape index (κ1) is 10.5. The highest BCUT2D eigenvalue weighted by atomic mass is 35.5. The van der Waals surface area contributed by atoms with Gasteiger partial charge in [-0.15, -0.1) is 0 Å². The van der Waals surface area contributed by atoms with Crippen molar-refractivity contribution in [2.75, 3.05) is 13.6 Å². The molecule has 0 amide bonds. The molecule has 1 N–H and O–H groups in total. The third-order valence-corrected chi connectivity index (χ3v) is 2.93. The summed E-state index contributed by atoms with van der Waals surface area (Å²) in [5.41, 5.74) is 2.40. The maximum absolute atomic E-state index is 6.25. The highest BCUT2D eigenvalue weighted by Gasteiger charge is 2.05. The van der Waals surface area contributed by atoms with Crippen LogP contribution in [0.3, 0.4) is 0 Å². The second kappa shape index (κ2) is 4.25. The summed E-state index contributed by atoms with van der Waals surface area (Å²) < 4.78 is 2.06. The van der Waals surface area contributed by atoms with Crippen LogP contribution in [0.2, 0.25) is 5.02 Å². The van der Waals surface area contributed by atoms with E-state index in [9.17, 15) is 0 Å². The third kappa shape index (κ3) is 2.01. The van der Waals surface area contributed by atoms with Gasteiger partial charge in [0.15, 0.2) is 0 Å². The molecule has 0 aliphatic heterocycles. The van der Waals surface area contributed by atoms with Gasteiger partial charge in [-0.05, 0) is 43.8 Å². The van der Waals surface area contributed by atoms with Gasteiger partial charge >= 0.3 is 0 Å². The summed E-state index contributed by atoms with van der Waals surface area (Å²) in [7, 11) is 3.98. The van der Waals surface area contributed by atoms with Gasteiger partial charge in [0.1, 0.15) is 0 Å². The predicted octanol–water partition coefficient (Wildman–Crippen LogP) is 2.59. The van der Waals surface area contributed by atoms with Crippen molar-refractivity contribution >= 4 is 22.5 Å². The van der Waals surface area contributed by atoms with Crippen molar-refractivity contribution < 1.29 is 0 Å². The van der Waals surface area contributed by atoms with Crippen molar-refractivity contribution in [2.24, 2.45) is 7.05 Å². The van der Waals surface area contributed by atoms with E-state index in [1.165, 1.54) is 10.9 Å². The van der Waals surface area contributed by atoms with E-state index in [2.05, 4.69) is 28.1 Å². The van der Waals surface area contributed by atoms with Gasteiger partial charge in [-0.2, -0.15) is 0 Å². The molecule has 0 radical (unpaired) electrons. The number of nitrogens with one attached hydrogen (secondary N) is 1. The molecular weight excluding hydrogens is 208 g/mol. The highest BCUT2D eigenvalue weighted by Crippen LogP contribution is 2.25. The lowest BCUT2D eigenvalue weighted by Crippen LogP contribution is -2.10. The van der Waals surface area contributed by atoms with Crippen LogP contribution in [0.25, 0.3) is 10.9 Å². The molecule has 0 spiro atoms. The highest BCUT2D eigenvalue weighted by molar-refractivity contribution is 6.35. The van der Waals surface area contributed by atoms with E-state index in [1.807, 2.05) is 20.3 Å². The molecule has 15 heavy (non-hydrogen) atoms. The lowest BCUT2D eigenvalue weighted by atomic mass is 10.1. The Bertz CT molecular complexity index is 474. The second-order valence-electron chi connectivity index (χ2n) is 3.80. The molecule has 2 rings (SSSR count). The number of rotatable bonds is 3. The first-order valence-corrected chi connectivity index (χ1v) is 5.48. The van der Waals surface area contributed by atoms with Crippen LogP contribution in [0.5, 0.6) is 0 Å². The van der Waals surface area contributed by atoms with Crippen LogP contribution >= 0.6 is 11.6 Å². The number of nitrogens with zero attached hydrogens (tertiary/aromatic N) is 1. The number of aryl methyl sites for hydroxylation is 1. The lowest BCUT2D eigenvalue weighted by molar-refractivity contribution is 0.792. The van der Waals surface area contributed by atoms with Gasteiger partial charge in [-0.1, -0.05) is 11.6 Å². The molecule has 2 nitrogen and oxygen atoms in total. The van der Waals surface area contributed by atoms with Crippen LogP contribution < -0.4 is 5.32 Å². The number of fused-ring (bicyclic) bond motifs is 1. The normalized spacial score (nSPS) is 11.1. The zero-order valence-corrected chi connectivity index (χ0v) is 9.80. The summed E-state index contributed by atoms with van der Waals surface area (Å²) in [6, 6.07) is 6.36. The van der Waals surface area contributed by atoms with Crippen LogP contribution in [-0.4, -0.2) is 18.2 Å². The molecule has 1 heterocycles. The maximum Gasteiger partial charge on any atom is 0.0667 e. The molecule has 1 aromatic heterocycles. The zero-order valence-electron chi connectivity index (χ0n) is 9.05. The number of benzene rings is 1. The predicted molar refractivity (Wildman–Crippen MR) is 65.6 cm³/mol. The topological polar surface area (TPSA) is 17.0 Å². The quantitative estimate of drug-likeness (QED) is 0.845. The first-order valence-electron chi connectivity index (χ1n) is 5.10. The fourth-order valence-electron chi connectivity index (χ4n) is 1.86. The van der Waals surface area contributed by atoms with E-state index < -0.39 is 0 Å². The smallest absolute Gasteiger partial charge is 0.0667 e. The number of hydrogen-bond donors (Lipinski definition) is 1. The van der Waals surface area contributed by atoms with Gasteiger partial charge in [-0.3, -0.25) is 0 Å². The average molecular weight is 223 g/mol. The van der Waals surface area contributed by atoms with Crippen molar-refractivity contribution in [3.63, 3.8) is 0 Å². The number of likely N-dealkylation sites (N-methyl/N-ethyl adjacent to an activating group) is 1. The van der Waals surface area contributed by atoms with Gasteiger partial charge in [-0.25, -0.2) is 0 Å².